The number of hydrogen-bond acceptors (Lipinski definition) is 1. The zero-order valence-corrected chi connectivity index (χ0v) is 18.4. The highest BCUT2D eigenvalue weighted by Crippen LogP contribution is 2.44. The second kappa shape index (κ2) is 7.48. The van der Waals surface area contributed by atoms with Crippen LogP contribution in [0.5, 0.6) is 0 Å². The second-order valence-corrected chi connectivity index (χ2v) is 10.9. The fraction of sp³-hybridized carbons (Fsp3) is 0. The van der Waals surface area contributed by atoms with Crippen LogP contribution in [-0.2, 0) is 4.57 Å². The Morgan fingerprint density at radius 1 is 0.406 bits per heavy atom. The summed E-state index contributed by atoms with van der Waals surface area (Å²) >= 11 is 0. The van der Waals surface area contributed by atoms with Crippen LogP contribution in [-0.4, -0.2) is 0 Å². The van der Waals surface area contributed by atoms with Gasteiger partial charge in [0.2, 0.25) is 0 Å². The normalized spacial score (nSPS) is 11.9. The molecule has 2 heteroatoms. The maximum absolute atomic E-state index is 15.0. The molecule has 0 aliphatic heterocycles. The minimum atomic E-state index is -3.05. The Bertz CT molecular complexity index is 1590. The Kier molecular flexibility index (Phi) is 4.45. The van der Waals surface area contributed by atoms with Crippen LogP contribution in [0.4, 0.5) is 0 Å². The van der Waals surface area contributed by atoms with Crippen molar-refractivity contribution in [3.63, 3.8) is 0 Å². The largest absolute Gasteiger partial charge is 0.309 e. The van der Waals surface area contributed by atoms with E-state index in [1.807, 2.05) is 72.8 Å². The summed E-state index contributed by atoms with van der Waals surface area (Å²) in [7, 11) is -3.05. The van der Waals surface area contributed by atoms with Crippen molar-refractivity contribution >= 4 is 55.4 Å². The van der Waals surface area contributed by atoms with Crippen LogP contribution in [0.3, 0.4) is 0 Å². The van der Waals surface area contributed by atoms with Gasteiger partial charge >= 0.3 is 0 Å². The molecule has 1 nitrogen and oxygen atoms in total. The van der Waals surface area contributed by atoms with E-state index in [2.05, 4.69) is 54.6 Å². The molecule has 0 amide bonds. The summed E-state index contributed by atoms with van der Waals surface area (Å²) in [6.45, 7) is 0. The van der Waals surface area contributed by atoms with E-state index in [0.717, 1.165) is 32.1 Å². The van der Waals surface area contributed by atoms with Crippen molar-refractivity contribution in [1.82, 2.24) is 0 Å². The van der Waals surface area contributed by atoms with E-state index in [1.165, 1.54) is 16.2 Å². The van der Waals surface area contributed by atoms with Gasteiger partial charge in [0, 0.05) is 15.9 Å². The van der Waals surface area contributed by atoms with Gasteiger partial charge in [-0.25, -0.2) is 0 Å². The molecule has 152 valence electrons. The lowest BCUT2D eigenvalue weighted by molar-refractivity contribution is 0.592. The summed E-state index contributed by atoms with van der Waals surface area (Å²) < 4.78 is 15.0. The molecule has 0 bridgehead atoms. The number of rotatable bonds is 3. The molecule has 0 saturated carbocycles. The SMILES string of the molecule is O=P(c1ccccc1)(c1ccccc1)c1cccc2cc3cc4ccccc4cc3cc12. The first-order chi connectivity index (χ1) is 15.7. The summed E-state index contributed by atoms with van der Waals surface area (Å²) in [5.74, 6) is 0. The second-order valence-electron chi connectivity index (χ2n) is 8.18. The van der Waals surface area contributed by atoms with Crippen LogP contribution in [0.2, 0.25) is 0 Å². The molecule has 6 aromatic carbocycles. The Balaban J connectivity index is 1.70. The van der Waals surface area contributed by atoms with E-state index >= 15 is 0 Å². The quantitative estimate of drug-likeness (QED) is 0.224. The molecule has 0 atom stereocenters. The summed E-state index contributed by atoms with van der Waals surface area (Å²) in [4.78, 5) is 0. The lowest BCUT2D eigenvalue weighted by atomic mass is 10.00. The topological polar surface area (TPSA) is 17.1 Å². The predicted molar refractivity (Wildman–Crippen MR) is 138 cm³/mol. The van der Waals surface area contributed by atoms with Crippen LogP contribution in [0.1, 0.15) is 0 Å². The minimum Gasteiger partial charge on any atom is -0.309 e. The van der Waals surface area contributed by atoms with Crippen molar-refractivity contribution < 1.29 is 4.57 Å². The standard InChI is InChI=1S/C30H21OP/c31-32(27-13-3-1-4-14-27,28-15-5-2-6-16-28)30-17-9-12-24-20-25-18-22-10-7-8-11-23(22)19-26(25)21-29(24)30/h1-21H. The Labute approximate surface area is 187 Å². The molecular formula is C30H21OP. The van der Waals surface area contributed by atoms with Gasteiger partial charge in [0.05, 0.1) is 0 Å². The van der Waals surface area contributed by atoms with E-state index in [1.54, 1.807) is 0 Å². The van der Waals surface area contributed by atoms with E-state index in [0.29, 0.717) is 0 Å². The fourth-order valence-electron chi connectivity index (χ4n) is 4.68. The van der Waals surface area contributed by atoms with Crippen molar-refractivity contribution in [2.24, 2.45) is 0 Å². The third-order valence-corrected chi connectivity index (χ3v) is 9.38. The average molecular weight is 428 g/mol. The van der Waals surface area contributed by atoms with E-state index in [4.69, 9.17) is 0 Å². The number of benzene rings is 6. The van der Waals surface area contributed by atoms with E-state index in [-0.39, 0.29) is 0 Å². The highest BCUT2D eigenvalue weighted by molar-refractivity contribution is 7.85. The molecule has 0 aliphatic rings. The fourth-order valence-corrected chi connectivity index (χ4v) is 7.55. The first-order valence-electron chi connectivity index (χ1n) is 10.8. The lowest BCUT2D eigenvalue weighted by Gasteiger charge is -2.22. The molecule has 0 aromatic heterocycles. The molecule has 0 N–H and O–H groups in total. The van der Waals surface area contributed by atoms with E-state index in [9.17, 15) is 4.57 Å². The zero-order valence-electron chi connectivity index (χ0n) is 17.5. The van der Waals surface area contributed by atoms with Gasteiger partial charge in [-0.15, -0.1) is 0 Å². The molecular weight excluding hydrogens is 407 g/mol. The average Bonchev–Trinajstić information content (AvgIpc) is 2.86. The molecule has 0 radical (unpaired) electrons. The van der Waals surface area contributed by atoms with Gasteiger partial charge in [0.15, 0.2) is 7.14 Å². The van der Waals surface area contributed by atoms with Crippen LogP contribution in [0.15, 0.2) is 127 Å². The molecule has 6 rings (SSSR count). The van der Waals surface area contributed by atoms with Crippen LogP contribution >= 0.6 is 7.14 Å². The van der Waals surface area contributed by atoms with Crippen molar-refractivity contribution in [1.29, 1.82) is 0 Å². The molecule has 0 saturated heterocycles. The molecule has 0 fully saturated rings. The summed E-state index contributed by atoms with van der Waals surface area (Å²) in [6, 6.07) is 43.3. The van der Waals surface area contributed by atoms with Gasteiger partial charge in [-0.05, 0) is 56.6 Å². The molecule has 32 heavy (non-hydrogen) atoms. The molecule has 0 spiro atoms. The minimum absolute atomic E-state index is 0.859. The first kappa shape index (κ1) is 19.0. The van der Waals surface area contributed by atoms with Gasteiger partial charge in [-0.3, -0.25) is 0 Å². The highest BCUT2D eigenvalue weighted by Gasteiger charge is 2.31. The van der Waals surface area contributed by atoms with E-state index < -0.39 is 7.14 Å². The van der Waals surface area contributed by atoms with Gasteiger partial charge in [-0.2, -0.15) is 0 Å². The first-order valence-corrected chi connectivity index (χ1v) is 12.5. The summed E-state index contributed by atoms with van der Waals surface area (Å²) in [6.07, 6.45) is 0. The maximum Gasteiger partial charge on any atom is 0.171 e. The molecule has 0 aliphatic carbocycles. The van der Waals surface area contributed by atoms with Gasteiger partial charge in [0.25, 0.3) is 0 Å². The monoisotopic (exact) mass is 428 g/mol. The lowest BCUT2D eigenvalue weighted by Crippen LogP contribution is -2.25. The predicted octanol–water partition coefficient (Wildman–Crippen LogP) is 6.79. The van der Waals surface area contributed by atoms with Crippen LogP contribution < -0.4 is 15.9 Å². The van der Waals surface area contributed by atoms with Crippen molar-refractivity contribution in [2.45, 2.75) is 0 Å². The molecule has 0 unspecified atom stereocenters. The Morgan fingerprint density at radius 2 is 0.875 bits per heavy atom. The van der Waals surface area contributed by atoms with Crippen LogP contribution in [0.25, 0.3) is 32.3 Å². The number of fused-ring (bicyclic) bond motifs is 3. The summed E-state index contributed by atoms with van der Waals surface area (Å²) in [5.41, 5.74) is 0. The maximum atomic E-state index is 15.0. The molecule has 6 aromatic rings. The third kappa shape index (κ3) is 2.98. The van der Waals surface area contributed by atoms with Gasteiger partial charge in [0.1, 0.15) is 0 Å². The van der Waals surface area contributed by atoms with Crippen molar-refractivity contribution in [2.75, 3.05) is 0 Å². The third-order valence-electron chi connectivity index (χ3n) is 6.26. The van der Waals surface area contributed by atoms with Gasteiger partial charge < -0.3 is 4.57 Å². The van der Waals surface area contributed by atoms with Crippen molar-refractivity contribution in [3.8, 4) is 0 Å². The van der Waals surface area contributed by atoms with Crippen molar-refractivity contribution in [3.05, 3.63) is 127 Å². The molecule has 0 heterocycles. The summed E-state index contributed by atoms with van der Waals surface area (Å²) in [5, 5.41) is 9.57. The Hall–Kier alpha value is -3.67. The number of hydrogen-bond donors (Lipinski definition) is 0. The van der Waals surface area contributed by atoms with Crippen LogP contribution in [0, 0.1) is 0 Å². The highest BCUT2D eigenvalue weighted by atomic mass is 31.2. The van der Waals surface area contributed by atoms with Gasteiger partial charge in [-0.1, -0.05) is 103 Å². The zero-order chi connectivity index (χ0) is 21.5. The Morgan fingerprint density at radius 3 is 1.47 bits per heavy atom. The smallest absolute Gasteiger partial charge is 0.171 e.